The molecule has 28 heavy (non-hydrogen) atoms. The lowest BCUT2D eigenvalue weighted by Gasteiger charge is -2.18. The molecule has 2 aromatic carbocycles. The molecule has 0 atom stereocenters. The summed E-state index contributed by atoms with van der Waals surface area (Å²) in [5.74, 6) is 0. The Kier molecular flexibility index (Phi) is 5.20. The van der Waals surface area contributed by atoms with Gasteiger partial charge < -0.3 is 4.98 Å². The normalized spacial score (nSPS) is 11.7. The Morgan fingerprint density at radius 2 is 1.82 bits per heavy atom. The van der Waals surface area contributed by atoms with Crippen LogP contribution in [0.2, 0.25) is 5.15 Å². The van der Waals surface area contributed by atoms with Crippen LogP contribution in [0.4, 0.5) is 0 Å². The molecule has 0 saturated carbocycles. The first-order valence-electron chi connectivity index (χ1n) is 9.57. The van der Waals surface area contributed by atoms with E-state index in [1.54, 1.807) is 4.57 Å². The van der Waals surface area contributed by atoms with Crippen molar-refractivity contribution in [3.63, 3.8) is 0 Å². The molecule has 0 spiro atoms. The maximum atomic E-state index is 12.7. The van der Waals surface area contributed by atoms with Gasteiger partial charge in [-0.15, -0.1) is 0 Å². The van der Waals surface area contributed by atoms with Crippen molar-refractivity contribution in [3.8, 4) is 0 Å². The lowest BCUT2D eigenvalue weighted by Crippen LogP contribution is -2.22. The van der Waals surface area contributed by atoms with Crippen molar-refractivity contribution >= 4 is 33.5 Å². The molecule has 2 heterocycles. The molecular weight excluding hydrogens is 372 g/mol. The van der Waals surface area contributed by atoms with Crippen LogP contribution in [0, 0.1) is 0 Å². The predicted octanol–water partition coefficient (Wildman–Crippen LogP) is 4.42. The van der Waals surface area contributed by atoms with E-state index in [0.717, 1.165) is 41.6 Å². The van der Waals surface area contributed by atoms with Crippen LogP contribution in [-0.2, 0) is 13.1 Å². The topological polar surface area (TPSA) is 53.9 Å². The summed E-state index contributed by atoms with van der Waals surface area (Å²) in [4.78, 5) is 22.4. The second-order valence-corrected chi connectivity index (χ2v) is 7.30. The van der Waals surface area contributed by atoms with Gasteiger partial charge in [-0.25, -0.2) is 9.78 Å². The Morgan fingerprint density at radius 1 is 1.07 bits per heavy atom. The van der Waals surface area contributed by atoms with Crippen LogP contribution in [0.5, 0.6) is 0 Å². The number of aromatic amines is 1. The smallest absolute Gasteiger partial charge is 0.303 e. The van der Waals surface area contributed by atoms with Crippen LogP contribution in [0.15, 0.2) is 53.3 Å². The average molecular weight is 395 g/mol. The molecular formula is C22H23ClN4O. The first-order chi connectivity index (χ1) is 13.6. The van der Waals surface area contributed by atoms with E-state index in [-0.39, 0.29) is 5.69 Å². The highest BCUT2D eigenvalue weighted by atomic mass is 35.5. The summed E-state index contributed by atoms with van der Waals surface area (Å²) < 4.78 is 1.75. The minimum absolute atomic E-state index is 0.177. The third-order valence-electron chi connectivity index (χ3n) is 5.20. The van der Waals surface area contributed by atoms with E-state index in [0.29, 0.717) is 17.2 Å². The number of rotatable bonds is 6. The number of pyridine rings is 1. The van der Waals surface area contributed by atoms with Crippen molar-refractivity contribution in [2.75, 3.05) is 13.1 Å². The number of H-pyrrole nitrogens is 1. The molecule has 0 aliphatic heterocycles. The van der Waals surface area contributed by atoms with Gasteiger partial charge in [0.25, 0.3) is 0 Å². The second-order valence-electron chi connectivity index (χ2n) is 6.94. The number of nitrogens with zero attached hydrogens (tertiary/aromatic N) is 3. The fraction of sp³-hybridized carbons (Fsp3) is 0.273. The fourth-order valence-corrected chi connectivity index (χ4v) is 3.93. The molecule has 1 N–H and O–H groups in total. The summed E-state index contributed by atoms with van der Waals surface area (Å²) in [6.45, 7) is 7.75. The number of halogens is 1. The molecule has 2 aromatic heterocycles. The third-order valence-corrected chi connectivity index (χ3v) is 5.47. The number of aromatic nitrogens is 3. The van der Waals surface area contributed by atoms with Crippen molar-refractivity contribution in [1.82, 2.24) is 19.4 Å². The number of para-hydroxylation sites is 1. The minimum atomic E-state index is -0.177. The Labute approximate surface area is 168 Å². The molecule has 0 amide bonds. The first-order valence-corrected chi connectivity index (χ1v) is 9.95. The Hall–Kier alpha value is -2.63. The van der Waals surface area contributed by atoms with Crippen LogP contribution < -0.4 is 5.69 Å². The van der Waals surface area contributed by atoms with Crippen LogP contribution in [0.3, 0.4) is 0 Å². The summed E-state index contributed by atoms with van der Waals surface area (Å²) in [7, 11) is 0. The molecule has 4 aromatic rings. The van der Waals surface area contributed by atoms with Crippen molar-refractivity contribution < 1.29 is 0 Å². The van der Waals surface area contributed by atoms with E-state index in [4.69, 9.17) is 11.6 Å². The molecule has 0 unspecified atom stereocenters. The zero-order chi connectivity index (χ0) is 19.7. The van der Waals surface area contributed by atoms with E-state index in [1.807, 2.05) is 24.3 Å². The Morgan fingerprint density at radius 3 is 2.61 bits per heavy atom. The highest BCUT2D eigenvalue weighted by Gasteiger charge is 2.15. The largest absolute Gasteiger partial charge is 0.326 e. The highest BCUT2D eigenvalue weighted by Crippen LogP contribution is 2.27. The third kappa shape index (κ3) is 3.43. The number of hydrogen-bond acceptors (Lipinski definition) is 3. The molecule has 0 aliphatic rings. The van der Waals surface area contributed by atoms with Crippen molar-refractivity contribution in [3.05, 3.63) is 75.3 Å². The van der Waals surface area contributed by atoms with E-state index < -0.39 is 0 Å². The first kappa shape index (κ1) is 18.7. The van der Waals surface area contributed by atoms with E-state index in [2.05, 4.69) is 53.0 Å². The second kappa shape index (κ2) is 7.78. The maximum absolute atomic E-state index is 12.7. The van der Waals surface area contributed by atoms with Gasteiger partial charge in [0.05, 0.1) is 17.6 Å². The van der Waals surface area contributed by atoms with Crippen molar-refractivity contribution in [2.45, 2.75) is 26.9 Å². The molecule has 144 valence electrons. The van der Waals surface area contributed by atoms with Gasteiger partial charge in [0.2, 0.25) is 0 Å². The summed E-state index contributed by atoms with van der Waals surface area (Å²) in [6, 6.07) is 16.2. The predicted molar refractivity (Wildman–Crippen MR) is 115 cm³/mol. The number of nitrogens with one attached hydrogen (secondary N) is 1. The van der Waals surface area contributed by atoms with Crippen LogP contribution in [0.1, 0.15) is 25.0 Å². The molecule has 6 heteroatoms. The fourth-order valence-electron chi connectivity index (χ4n) is 3.70. The quantitative estimate of drug-likeness (QED) is 0.492. The molecule has 0 saturated heterocycles. The lowest BCUT2D eigenvalue weighted by molar-refractivity contribution is 0.296. The van der Waals surface area contributed by atoms with E-state index in [1.165, 1.54) is 5.56 Å². The molecule has 0 aliphatic carbocycles. The number of benzene rings is 2. The van der Waals surface area contributed by atoms with Crippen LogP contribution >= 0.6 is 11.6 Å². The number of imidazole rings is 1. The number of hydrogen-bond donors (Lipinski definition) is 1. The maximum Gasteiger partial charge on any atom is 0.326 e. The van der Waals surface area contributed by atoms with Gasteiger partial charge in [-0.1, -0.05) is 67.9 Å². The Balaban J connectivity index is 1.79. The minimum Gasteiger partial charge on any atom is -0.303 e. The van der Waals surface area contributed by atoms with Gasteiger partial charge >= 0.3 is 5.69 Å². The van der Waals surface area contributed by atoms with Gasteiger partial charge in [-0.2, -0.15) is 0 Å². The zero-order valence-corrected chi connectivity index (χ0v) is 16.8. The van der Waals surface area contributed by atoms with Gasteiger partial charge in [0.1, 0.15) is 5.52 Å². The van der Waals surface area contributed by atoms with Gasteiger partial charge in [-0.3, -0.25) is 9.47 Å². The number of fused-ring (bicyclic) bond motifs is 3. The Bertz CT molecular complexity index is 1190. The monoisotopic (exact) mass is 394 g/mol. The summed E-state index contributed by atoms with van der Waals surface area (Å²) in [5.41, 5.74) is 4.33. The lowest BCUT2D eigenvalue weighted by atomic mass is 10.1. The average Bonchev–Trinajstić information content (AvgIpc) is 3.04. The molecule has 0 bridgehead atoms. The summed E-state index contributed by atoms with van der Waals surface area (Å²) in [6.07, 6.45) is 0. The molecule has 5 nitrogen and oxygen atoms in total. The van der Waals surface area contributed by atoms with Crippen molar-refractivity contribution in [2.24, 2.45) is 0 Å². The zero-order valence-electron chi connectivity index (χ0n) is 16.1. The summed E-state index contributed by atoms with van der Waals surface area (Å²) >= 11 is 6.34. The van der Waals surface area contributed by atoms with E-state index >= 15 is 0 Å². The van der Waals surface area contributed by atoms with Gasteiger partial charge in [0.15, 0.2) is 5.15 Å². The standard InChI is InChI=1S/C22H23ClN4O/c1-3-26(4-2)13-15-8-7-9-16(12-15)14-27-20-17-10-5-6-11-18(17)24-21(23)19(20)25-22(27)28/h5-12H,3-4,13-14H2,1-2H3,(H,25,28). The molecule has 4 rings (SSSR count). The van der Waals surface area contributed by atoms with Gasteiger partial charge in [-0.05, 0) is 30.3 Å². The van der Waals surface area contributed by atoms with Crippen molar-refractivity contribution in [1.29, 1.82) is 0 Å². The van der Waals surface area contributed by atoms with Crippen LogP contribution in [0.25, 0.3) is 21.9 Å². The molecule has 0 fully saturated rings. The van der Waals surface area contributed by atoms with Gasteiger partial charge in [0, 0.05) is 11.9 Å². The molecule has 0 radical (unpaired) electrons. The SMILES string of the molecule is CCN(CC)Cc1cccc(Cn2c(=O)[nH]c3c(Cl)nc4ccccc4c32)c1. The van der Waals surface area contributed by atoms with Crippen LogP contribution in [-0.4, -0.2) is 32.5 Å². The summed E-state index contributed by atoms with van der Waals surface area (Å²) in [5, 5.41) is 1.24. The highest BCUT2D eigenvalue weighted by molar-refractivity contribution is 6.35. The van der Waals surface area contributed by atoms with E-state index in [9.17, 15) is 4.79 Å².